The van der Waals surface area contributed by atoms with Crippen LogP contribution in [0.2, 0.25) is 0 Å². The molecular weight excluding hydrogens is 543 g/mol. The van der Waals surface area contributed by atoms with Crippen LogP contribution in [-0.2, 0) is 49.5 Å². The Hall–Kier alpha value is 3.45. The van der Waals surface area contributed by atoms with E-state index < -0.39 is 0 Å². The monoisotopic (exact) mass is 545 g/mol. The van der Waals surface area contributed by atoms with Gasteiger partial charge in [0.2, 0.25) is 0 Å². The Morgan fingerprint density at radius 2 is 1.17 bits per heavy atom. The van der Waals surface area contributed by atoms with Crippen LogP contribution in [0.5, 0.6) is 0 Å². The van der Waals surface area contributed by atoms with Gasteiger partial charge in [-0.3, -0.25) is 0 Å². The van der Waals surface area contributed by atoms with E-state index in [0.29, 0.717) is 0 Å². The van der Waals surface area contributed by atoms with Crippen molar-refractivity contribution in [3.8, 4) is 0 Å². The molecule has 0 aromatic heterocycles. The van der Waals surface area contributed by atoms with Gasteiger partial charge in [0, 0.05) is 84.2 Å². The van der Waals surface area contributed by atoms with E-state index in [4.69, 9.17) is 2.69 Å². The SMILES string of the molecule is [Cd].[Ga].[Ge].[O]=[Pb].[Zn]. The van der Waals surface area contributed by atoms with Gasteiger partial charge in [0.15, 0.2) is 0 Å². The van der Waals surface area contributed by atoms with Gasteiger partial charge in [-0.2, -0.15) is 0 Å². The molecule has 6 heavy (non-hydrogen) atoms. The van der Waals surface area contributed by atoms with Crippen LogP contribution in [0.15, 0.2) is 0 Å². The normalized spacial score (nSPS) is 0.667. The second-order valence-electron chi connectivity index (χ2n) is 0. The topological polar surface area (TPSA) is 17.1 Å². The minimum Gasteiger partial charge on any atom is 0 e. The maximum absolute atomic E-state index is 8.39. The summed E-state index contributed by atoms with van der Waals surface area (Å²) in [5.74, 6) is 0. The summed E-state index contributed by atoms with van der Waals surface area (Å²) in [5, 5.41) is 0. The van der Waals surface area contributed by atoms with Crippen molar-refractivity contribution in [2.75, 3.05) is 0 Å². The van der Waals surface area contributed by atoms with Gasteiger partial charge < -0.3 is 0 Å². The van der Waals surface area contributed by atoms with E-state index in [1.165, 1.54) is 0 Å². The molecule has 0 saturated heterocycles. The molecule has 6 heteroatoms. The Bertz CT molecular complexity index is 15.5. The van der Waals surface area contributed by atoms with Gasteiger partial charge in [0.25, 0.3) is 0 Å². The Morgan fingerprint density at radius 1 is 1.17 bits per heavy atom. The Kier molecular flexibility index (Phi) is 224. The van der Waals surface area contributed by atoms with Gasteiger partial charge in [0.1, 0.15) is 0 Å². The van der Waals surface area contributed by atoms with Crippen LogP contribution >= 0.6 is 0 Å². The summed E-state index contributed by atoms with van der Waals surface area (Å²) < 4.78 is 8.39. The number of rotatable bonds is 0. The number of hydrogen-bond donors (Lipinski definition) is 0. The molecule has 0 bridgehead atoms. The van der Waals surface area contributed by atoms with Crippen LogP contribution in [0.3, 0.4) is 0 Å². The van der Waals surface area contributed by atoms with Crippen molar-refractivity contribution < 1.29 is 49.5 Å². The van der Waals surface area contributed by atoms with Crippen molar-refractivity contribution in [3.63, 3.8) is 0 Å². The summed E-state index contributed by atoms with van der Waals surface area (Å²) in [6.45, 7) is 0. The fourth-order valence-corrected chi connectivity index (χ4v) is 0. The zero-order valence-electron chi connectivity index (χ0n) is 3.40. The van der Waals surface area contributed by atoms with E-state index in [2.05, 4.69) is 0 Å². The second kappa shape index (κ2) is 39.4. The average molecular weight is 543 g/mol. The van der Waals surface area contributed by atoms with Crippen LogP contribution < -0.4 is 0 Å². The zero-order chi connectivity index (χ0) is 2.00. The van der Waals surface area contributed by atoms with E-state index in [1.54, 1.807) is 0 Å². The summed E-state index contributed by atoms with van der Waals surface area (Å²) >= 11 is 0.0556. The molecule has 0 amide bonds. The predicted molar refractivity (Wildman–Crippen MR) is 17.9 cm³/mol. The minimum absolute atomic E-state index is 0. The van der Waals surface area contributed by atoms with Gasteiger partial charge in [0.05, 0.1) is 0 Å². The maximum Gasteiger partial charge on any atom is 0 e. The summed E-state index contributed by atoms with van der Waals surface area (Å²) in [6, 6.07) is 0. The van der Waals surface area contributed by atoms with Crippen molar-refractivity contribution in [1.29, 1.82) is 0 Å². The van der Waals surface area contributed by atoms with Gasteiger partial charge in [-0.15, -0.1) is 0 Å². The van der Waals surface area contributed by atoms with Crippen LogP contribution in [0.25, 0.3) is 0 Å². The first-order valence-corrected chi connectivity index (χ1v) is 1.79. The largest absolute Gasteiger partial charge is 0 e. The number of hydrogen-bond acceptors (Lipinski definition) is 1. The first-order valence-electron chi connectivity index (χ1n) is 0.204. The third kappa shape index (κ3) is 26.1. The second-order valence-corrected chi connectivity index (χ2v) is 0. The van der Waals surface area contributed by atoms with E-state index in [1.807, 2.05) is 0 Å². The van der Waals surface area contributed by atoms with Crippen molar-refractivity contribution >= 4 is 63.2 Å². The Morgan fingerprint density at radius 3 is 1.17 bits per heavy atom. The molecule has 0 heterocycles. The molecule has 0 saturated carbocycles. The standard InChI is InChI=1S/Cd.Ga.Ge.O.Pb.Zn. The van der Waals surface area contributed by atoms with Crippen LogP contribution in [0.4, 0.5) is 0 Å². The molecular formula is CdGaGeOPbZn. The Balaban J connectivity index is -0.000000000833. The molecule has 0 fully saturated rings. The molecule has 0 N–H and O–H groups in total. The maximum atomic E-state index is 8.39. The summed E-state index contributed by atoms with van der Waals surface area (Å²) in [5.41, 5.74) is 0. The minimum atomic E-state index is 0. The van der Waals surface area contributed by atoms with Crippen molar-refractivity contribution in [2.45, 2.75) is 0 Å². The van der Waals surface area contributed by atoms with E-state index in [-0.39, 0.29) is 110 Å². The summed E-state index contributed by atoms with van der Waals surface area (Å²) in [4.78, 5) is 0. The van der Waals surface area contributed by atoms with E-state index in [0.717, 1.165) is 0 Å². The third-order valence-electron chi connectivity index (χ3n) is 0. The molecule has 0 spiro atoms. The summed E-state index contributed by atoms with van der Waals surface area (Å²) in [7, 11) is 0. The zero-order valence-corrected chi connectivity index (χ0v) is 18.8. The molecule has 0 aliphatic rings. The fourth-order valence-electron chi connectivity index (χ4n) is 0. The van der Waals surface area contributed by atoms with Gasteiger partial charge >= 0.3 is 28.5 Å². The quantitative estimate of drug-likeness (QED) is 0.349. The molecule has 0 atom stereocenters. The van der Waals surface area contributed by atoms with Crippen molar-refractivity contribution in [3.05, 3.63) is 0 Å². The molecule has 1 nitrogen and oxygen atoms in total. The summed E-state index contributed by atoms with van der Waals surface area (Å²) in [6.07, 6.45) is 0. The molecule has 0 aromatic carbocycles. The predicted octanol–water partition coefficient (Wildman–Crippen LogP) is -1.27. The van der Waals surface area contributed by atoms with Gasteiger partial charge in [-0.25, -0.2) is 0 Å². The molecule has 0 unspecified atom stereocenters. The van der Waals surface area contributed by atoms with Crippen LogP contribution in [0.1, 0.15) is 0 Å². The first kappa shape index (κ1) is 34.1. The molecule has 0 rings (SSSR count). The molecule has 0 aromatic rings. The van der Waals surface area contributed by atoms with Crippen molar-refractivity contribution in [1.82, 2.24) is 0 Å². The smallest absolute Gasteiger partial charge is 0 e. The van der Waals surface area contributed by atoms with Crippen LogP contribution in [-0.4, -0.2) is 63.2 Å². The molecule has 21 valence electrons. The van der Waals surface area contributed by atoms with Crippen LogP contribution in [0, 0.1) is 0 Å². The first-order chi connectivity index (χ1) is 1.00. The van der Waals surface area contributed by atoms with E-state index in [9.17, 15) is 0 Å². The van der Waals surface area contributed by atoms with Crippen molar-refractivity contribution in [2.24, 2.45) is 0 Å². The molecule has 0 aliphatic heterocycles. The third-order valence-corrected chi connectivity index (χ3v) is 0. The fraction of sp³-hybridized carbons (Fsp3) is 0. The van der Waals surface area contributed by atoms with E-state index >= 15 is 0 Å². The molecule has 9 radical (unpaired) electrons. The molecule has 0 aliphatic carbocycles. The van der Waals surface area contributed by atoms with Gasteiger partial charge in [-0.1, -0.05) is 0 Å². The average Bonchev–Trinajstić information content (AvgIpc) is 1.00. The Labute approximate surface area is 110 Å². The van der Waals surface area contributed by atoms with Gasteiger partial charge in [-0.05, 0) is 0 Å².